The van der Waals surface area contributed by atoms with E-state index in [1.165, 1.54) is 37.1 Å². The standard InChI is InChI=1S/C16H25ClN2/c1-3-18-11-14-8-9-15(10-16(14)17)19(4-2)12-13-6-5-7-13/h8-10,13,18H,3-7,11-12H2,1-2H3. The van der Waals surface area contributed by atoms with Crippen LogP contribution < -0.4 is 10.2 Å². The molecule has 1 aromatic carbocycles. The summed E-state index contributed by atoms with van der Waals surface area (Å²) in [5.41, 5.74) is 2.45. The normalized spacial score (nSPS) is 15.3. The second kappa shape index (κ2) is 7.16. The van der Waals surface area contributed by atoms with Crippen LogP contribution in [0.25, 0.3) is 0 Å². The van der Waals surface area contributed by atoms with Gasteiger partial charge in [-0.25, -0.2) is 0 Å². The van der Waals surface area contributed by atoms with Crippen LogP contribution in [-0.2, 0) is 6.54 Å². The van der Waals surface area contributed by atoms with Crippen LogP contribution in [0.5, 0.6) is 0 Å². The van der Waals surface area contributed by atoms with Gasteiger partial charge in [-0.2, -0.15) is 0 Å². The zero-order chi connectivity index (χ0) is 13.7. The highest BCUT2D eigenvalue weighted by Crippen LogP contribution is 2.30. The van der Waals surface area contributed by atoms with E-state index in [-0.39, 0.29) is 0 Å². The molecule has 1 aromatic rings. The topological polar surface area (TPSA) is 15.3 Å². The van der Waals surface area contributed by atoms with E-state index in [0.29, 0.717) is 0 Å². The number of nitrogens with one attached hydrogen (secondary N) is 1. The monoisotopic (exact) mass is 280 g/mol. The maximum Gasteiger partial charge on any atom is 0.0471 e. The first-order chi connectivity index (χ1) is 9.24. The molecule has 19 heavy (non-hydrogen) atoms. The summed E-state index contributed by atoms with van der Waals surface area (Å²) < 4.78 is 0. The van der Waals surface area contributed by atoms with Crippen molar-refractivity contribution in [2.45, 2.75) is 39.7 Å². The minimum atomic E-state index is 0.852. The predicted molar refractivity (Wildman–Crippen MR) is 84.1 cm³/mol. The summed E-state index contributed by atoms with van der Waals surface area (Å²) in [5, 5.41) is 4.20. The van der Waals surface area contributed by atoms with Crippen molar-refractivity contribution in [2.24, 2.45) is 5.92 Å². The van der Waals surface area contributed by atoms with Crippen molar-refractivity contribution in [1.29, 1.82) is 0 Å². The maximum absolute atomic E-state index is 6.38. The van der Waals surface area contributed by atoms with E-state index in [1.807, 2.05) is 0 Å². The summed E-state index contributed by atoms with van der Waals surface area (Å²) >= 11 is 6.38. The quantitative estimate of drug-likeness (QED) is 0.810. The number of hydrogen-bond donors (Lipinski definition) is 1. The van der Waals surface area contributed by atoms with E-state index in [4.69, 9.17) is 11.6 Å². The van der Waals surface area contributed by atoms with Crippen molar-refractivity contribution >= 4 is 17.3 Å². The van der Waals surface area contributed by atoms with Crippen LogP contribution in [0.4, 0.5) is 5.69 Å². The third kappa shape index (κ3) is 3.87. The molecule has 3 heteroatoms. The highest BCUT2D eigenvalue weighted by Gasteiger charge is 2.20. The van der Waals surface area contributed by atoms with Crippen molar-refractivity contribution in [3.05, 3.63) is 28.8 Å². The van der Waals surface area contributed by atoms with Crippen LogP contribution in [0.15, 0.2) is 18.2 Å². The third-order valence-electron chi connectivity index (χ3n) is 4.05. The fraction of sp³-hybridized carbons (Fsp3) is 0.625. The van der Waals surface area contributed by atoms with Crippen molar-refractivity contribution in [3.63, 3.8) is 0 Å². The van der Waals surface area contributed by atoms with E-state index in [2.05, 4.69) is 42.3 Å². The first-order valence-electron chi connectivity index (χ1n) is 7.48. The maximum atomic E-state index is 6.38. The molecule has 106 valence electrons. The van der Waals surface area contributed by atoms with Crippen LogP contribution in [0.3, 0.4) is 0 Å². The van der Waals surface area contributed by atoms with Gasteiger partial charge in [0, 0.05) is 30.3 Å². The van der Waals surface area contributed by atoms with Gasteiger partial charge in [-0.1, -0.05) is 31.0 Å². The van der Waals surface area contributed by atoms with Crippen molar-refractivity contribution in [2.75, 3.05) is 24.5 Å². The molecule has 1 N–H and O–H groups in total. The summed E-state index contributed by atoms with van der Waals surface area (Å²) in [5.74, 6) is 0.889. The molecule has 0 atom stereocenters. The fourth-order valence-corrected chi connectivity index (χ4v) is 2.78. The highest BCUT2D eigenvalue weighted by atomic mass is 35.5. The Morgan fingerprint density at radius 3 is 2.63 bits per heavy atom. The van der Waals surface area contributed by atoms with E-state index in [0.717, 1.165) is 30.6 Å². The number of rotatable bonds is 7. The summed E-state index contributed by atoms with van der Waals surface area (Å²) in [4.78, 5) is 2.45. The molecular formula is C16H25ClN2. The second-order valence-electron chi connectivity index (χ2n) is 5.39. The summed E-state index contributed by atoms with van der Waals surface area (Å²) in [7, 11) is 0. The molecule has 1 aliphatic rings. The Bertz CT molecular complexity index is 402. The van der Waals surface area contributed by atoms with Crippen LogP contribution in [0.2, 0.25) is 5.02 Å². The Balaban J connectivity index is 2.03. The Morgan fingerprint density at radius 2 is 2.11 bits per heavy atom. The lowest BCUT2D eigenvalue weighted by atomic mass is 9.85. The molecule has 1 fully saturated rings. The predicted octanol–water partition coefficient (Wildman–Crippen LogP) is 4.08. The Morgan fingerprint density at radius 1 is 1.32 bits per heavy atom. The van der Waals surface area contributed by atoms with Crippen LogP contribution >= 0.6 is 11.6 Å². The third-order valence-corrected chi connectivity index (χ3v) is 4.40. The minimum Gasteiger partial charge on any atom is -0.371 e. The SMILES string of the molecule is CCNCc1ccc(N(CC)CC2CCC2)cc1Cl. The Hall–Kier alpha value is -0.730. The van der Waals surface area contributed by atoms with Gasteiger partial charge < -0.3 is 10.2 Å². The lowest BCUT2D eigenvalue weighted by Gasteiger charge is -2.33. The molecule has 0 aromatic heterocycles. The van der Waals surface area contributed by atoms with Gasteiger partial charge in [0.25, 0.3) is 0 Å². The van der Waals surface area contributed by atoms with Crippen LogP contribution in [0.1, 0.15) is 38.7 Å². The van der Waals surface area contributed by atoms with E-state index < -0.39 is 0 Å². The summed E-state index contributed by atoms with van der Waals surface area (Å²) in [6.07, 6.45) is 4.19. The molecule has 0 radical (unpaired) electrons. The van der Waals surface area contributed by atoms with Crippen molar-refractivity contribution in [3.8, 4) is 0 Å². The number of halogens is 1. The Labute approximate surface area is 122 Å². The van der Waals surface area contributed by atoms with Crippen molar-refractivity contribution < 1.29 is 0 Å². The highest BCUT2D eigenvalue weighted by molar-refractivity contribution is 6.31. The average Bonchev–Trinajstić information content (AvgIpc) is 2.36. The van der Waals surface area contributed by atoms with E-state index in [1.54, 1.807) is 0 Å². The molecule has 0 heterocycles. The van der Waals surface area contributed by atoms with Gasteiger partial charge in [-0.3, -0.25) is 0 Å². The zero-order valence-corrected chi connectivity index (χ0v) is 12.8. The molecule has 0 spiro atoms. The molecule has 0 saturated heterocycles. The number of nitrogens with zero attached hydrogens (tertiary/aromatic N) is 1. The summed E-state index contributed by atoms with van der Waals surface area (Å²) in [6, 6.07) is 6.49. The average molecular weight is 281 g/mol. The van der Waals surface area contributed by atoms with Gasteiger partial charge in [0.15, 0.2) is 0 Å². The molecule has 1 saturated carbocycles. The first-order valence-corrected chi connectivity index (χ1v) is 7.86. The molecule has 0 unspecified atom stereocenters. The minimum absolute atomic E-state index is 0.852. The number of anilines is 1. The molecular weight excluding hydrogens is 256 g/mol. The van der Waals surface area contributed by atoms with Crippen molar-refractivity contribution in [1.82, 2.24) is 5.32 Å². The fourth-order valence-electron chi connectivity index (χ4n) is 2.54. The van der Waals surface area contributed by atoms with E-state index in [9.17, 15) is 0 Å². The lowest BCUT2D eigenvalue weighted by molar-refractivity contribution is 0.318. The van der Waals surface area contributed by atoms with Gasteiger partial charge in [0.1, 0.15) is 0 Å². The molecule has 1 aliphatic carbocycles. The smallest absolute Gasteiger partial charge is 0.0471 e. The van der Waals surface area contributed by atoms with Crippen LogP contribution in [0, 0.1) is 5.92 Å². The molecule has 2 rings (SSSR count). The van der Waals surface area contributed by atoms with E-state index >= 15 is 0 Å². The number of benzene rings is 1. The van der Waals surface area contributed by atoms with Gasteiger partial charge >= 0.3 is 0 Å². The second-order valence-corrected chi connectivity index (χ2v) is 5.80. The number of hydrogen-bond acceptors (Lipinski definition) is 2. The molecule has 0 amide bonds. The Kier molecular flexibility index (Phi) is 5.53. The zero-order valence-electron chi connectivity index (χ0n) is 12.1. The summed E-state index contributed by atoms with van der Waals surface area (Å²) in [6.45, 7) is 8.39. The first kappa shape index (κ1) is 14.7. The molecule has 0 aliphatic heterocycles. The van der Waals surface area contributed by atoms with Gasteiger partial charge in [0.05, 0.1) is 0 Å². The van der Waals surface area contributed by atoms with Gasteiger partial charge in [-0.15, -0.1) is 0 Å². The van der Waals surface area contributed by atoms with Gasteiger partial charge in [-0.05, 0) is 49.9 Å². The molecule has 0 bridgehead atoms. The lowest BCUT2D eigenvalue weighted by Crippen LogP contribution is -2.32. The van der Waals surface area contributed by atoms with Crippen LogP contribution in [-0.4, -0.2) is 19.6 Å². The van der Waals surface area contributed by atoms with Gasteiger partial charge in [0.2, 0.25) is 0 Å². The molecule has 2 nitrogen and oxygen atoms in total. The largest absolute Gasteiger partial charge is 0.371 e.